The number of hydrogen-bond acceptors (Lipinski definition) is 3. The molecule has 0 radical (unpaired) electrons. The second kappa shape index (κ2) is 9.05. The van der Waals surface area contributed by atoms with Crippen LogP contribution < -0.4 is 4.74 Å². The largest absolute Gasteiger partial charge is 0.491 e. The van der Waals surface area contributed by atoms with Gasteiger partial charge >= 0.3 is 0 Å². The number of rotatable bonds is 6. The van der Waals surface area contributed by atoms with Gasteiger partial charge in [0.1, 0.15) is 5.75 Å². The zero-order valence-electron chi connectivity index (χ0n) is 16.6. The van der Waals surface area contributed by atoms with Crippen molar-refractivity contribution in [1.29, 1.82) is 0 Å². The van der Waals surface area contributed by atoms with Crippen LogP contribution in [0.3, 0.4) is 0 Å². The van der Waals surface area contributed by atoms with Gasteiger partial charge in [0, 0.05) is 32.7 Å². The van der Waals surface area contributed by atoms with Crippen LogP contribution >= 0.6 is 0 Å². The van der Waals surface area contributed by atoms with E-state index in [1.165, 1.54) is 11.1 Å². The van der Waals surface area contributed by atoms with Gasteiger partial charge < -0.3 is 9.64 Å². The average Bonchev–Trinajstić information content (AvgIpc) is 2.64. The Morgan fingerprint density at radius 1 is 1.00 bits per heavy atom. The molecule has 0 aliphatic carbocycles. The summed E-state index contributed by atoms with van der Waals surface area (Å²) in [6.45, 7) is 10.5. The second-order valence-corrected chi connectivity index (χ2v) is 7.63. The number of benzene rings is 2. The third kappa shape index (κ3) is 5.83. The van der Waals surface area contributed by atoms with Gasteiger partial charge in [-0.3, -0.25) is 9.69 Å². The Morgan fingerprint density at radius 2 is 1.70 bits per heavy atom. The highest BCUT2D eigenvalue weighted by Crippen LogP contribution is 2.17. The standard InChI is InChI=1S/C23H30N2O2/c1-18(2)27-22-6-4-5-21(15-22)17-24-11-13-25(14-12-24)23(26)16-20-9-7-19(3)8-10-20/h4-10,15,18H,11-14,16-17H2,1-3H3. The smallest absolute Gasteiger partial charge is 0.227 e. The number of carbonyl (C=O) groups excluding carboxylic acids is 1. The van der Waals surface area contributed by atoms with Gasteiger partial charge in [0.05, 0.1) is 12.5 Å². The number of piperazine rings is 1. The van der Waals surface area contributed by atoms with Crippen molar-refractivity contribution in [2.75, 3.05) is 26.2 Å². The summed E-state index contributed by atoms with van der Waals surface area (Å²) >= 11 is 0. The SMILES string of the molecule is Cc1ccc(CC(=O)N2CCN(Cc3cccc(OC(C)C)c3)CC2)cc1. The fourth-order valence-electron chi connectivity index (χ4n) is 3.40. The fraction of sp³-hybridized carbons (Fsp3) is 0.435. The molecule has 2 aromatic carbocycles. The molecule has 27 heavy (non-hydrogen) atoms. The molecule has 0 bridgehead atoms. The van der Waals surface area contributed by atoms with Crippen molar-refractivity contribution in [3.63, 3.8) is 0 Å². The van der Waals surface area contributed by atoms with Gasteiger partial charge in [0.25, 0.3) is 0 Å². The van der Waals surface area contributed by atoms with Crippen LogP contribution in [0, 0.1) is 6.92 Å². The molecule has 2 aromatic rings. The normalized spacial score (nSPS) is 15.2. The molecular formula is C23H30N2O2. The van der Waals surface area contributed by atoms with Crippen LogP contribution in [0.25, 0.3) is 0 Å². The third-order valence-corrected chi connectivity index (χ3v) is 4.88. The maximum absolute atomic E-state index is 12.6. The van der Waals surface area contributed by atoms with E-state index in [1.54, 1.807) is 0 Å². The number of ether oxygens (including phenoxy) is 1. The zero-order valence-corrected chi connectivity index (χ0v) is 16.6. The summed E-state index contributed by atoms with van der Waals surface area (Å²) < 4.78 is 5.79. The van der Waals surface area contributed by atoms with E-state index in [-0.39, 0.29) is 12.0 Å². The van der Waals surface area contributed by atoms with E-state index in [0.29, 0.717) is 6.42 Å². The third-order valence-electron chi connectivity index (χ3n) is 4.88. The van der Waals surface area contributed by atoms with Crippen LogP contribution in [0.4, 0.5) is 0 Å². The number of nitrogens with zero attached hydrogens (tertiary/aromatic N) is 2. The summed E-state index contributed by atoms with van der Waals surface area (Å²) in [6, 6.07) is 16.6. The first-order valence-corrected chi connectivity index (χ1v) is 9.81. The minimum absolute atomic E-state index is 0.184. The number of aryl methyl sites for hydroxylation is 1. The average molecular weight is 367 g/mol. The molecule has 0 saturated carbocycles. The monoisotopic (exact) mass is 366 g/mol. The lowest BCUT2D eigenvalue weighted by Gasteiger charge is -2.35. The summed E-state index contributed by atoms with van der Waals surface area (Å²) in [5.41, 5.74) is 3.57. The molecular weight excluding hydrogens is 336 g/mol. The van der Waals surface area contributed by atoms with E-state index in [2.05, 4.69) is 48.2 Å². The molecule has 0 atom stereocenters. The van der Waals surface area contributed by atoms with Gasteiger partial charge in [0.15, 0.2) is 0 Å². The molecule has 0 N–H and O–H groups in total. The molecule has 4 heteroatoms. The minimum Gasteiger partial charge on any atom is -0.491 e. The molecule has 1 saturated heterocycles. The van der Waals surface area contributed by atoms with Gasteiger partial charge in [-0.1, -0.05) is 42.0 Å². The Morgan fingerprint density at radius 3 is 2.37 bits per heavy atom. The maximum atomic E-state index is 12.6. The van der Waals surface area contributed by atoms with Crippen LogP contribution in [0.5, 0.6) is 5.75 Å². The van der Waals surface area contributed by atoms with Gasteiger partial charge in [-0.2, -0.15) is 0 Å². The fourth-order valence-corrected chi connectivity index (χ4v) is 3.40. The second-order valence-electron chi connectivity index (χ2n) is 7.63. The molecule has 1 aliphatic rings. The Balaban J connectivity index is 1.48. The molecule has 144 valence electrons. The molecule has 1 heterocycles. The molecule has 1 aliphatic heterocycles. The summed E-state index contributed by atoms with van der Waals surface area (Å²) in [5, 5.41) is 0. The maximum Gasteiger partial charge on any atom is 0.227 e. The summed E-state index contributed by atoms with van der Waals surface area (Å²) in [4.78, 5) is 17.0. The highest BCUT2D eigenvalue weighted by molar-refractivity contribution is 5.78. The molecule has 1 fully saturated rings. The van der Waals surface area contributed by atoms with Crippen molar-refractivity contribution in [1.82, 2.24) is 9.80 Å². The van der Waals surface area contributed by atoms with Crippen molar-refractivity contribution in [2.45, 2.75) is 39.8 Å². The van der Waals surface area contributed by atoms with E-state index in [9.17, 15) is 4.79 Å². The van der Waals surface area contributed by atoms with E-state index < -0.39 is 0 Å². The Labute approximate surface area is 162 Å². The molecule has 4 nitrogen and oxygen atoms in total. The van der Waals surface area contributed by atoms with Gasteiger partial charge in [-0.05, 0) is 44.0 Å². The van der Waals surface area contributed by atoms with E-state index in [0.717, 1.165) is 44.0 Å². The van der Waals surface area contributed by atoms with Gasteiger partial charge in [-0.15, -0.1) is 0 Å². The van der Waals surface area contributed by atoms with Gasteiger partial charge in [0.2, 0.25) is 5.91 Å². The van der Waals surface area contributed by atoms with Crippen molar-refractivity contribution >= 4 is 5.91 Å². The lowest BCUT2D eigenvalue weighted by atomic mass is 10.1. The van der Waals surface area contributed by atoms with Crippen LogP contribution in [0.15, 0.2) is 48.5 Å². The minimum atomic E-state index is 0.184. The van der Waals surface area contributed by atoms with Gasteiger partial charge in [-0.25, -0.2) is 0 Å². The lowest BCUT2D eigenvalue weighted by Crippen LogP contribution is -2.48. The first-order chi connectivity index (χ1) is 13.0. The number of hydrogen-bond donors (Lipinski definition) is 0. The molecule has 3 rings (SSSR count). The summed E-state index contributed by atoms with van der Waals surface area (Å²) in [7, 11) is 0. The Bertz CT molecular complexity index is 747. The number of amides is 1. The molecule has 0 spiro atoms. The van der Waals surface area contributed by atoms with E-state index >= 15 is 0 Å². The highest BCUT2D eigenvalue weighted by Gasteiger charge is 2.21. The Hall–Kier alpha value is -2.33. The predicted octanol–water partition coefficient (Wildman–Crippen LogP) is 3.67. The van der Waals surface area contributed by atoms with E-state index in [1.807, 2.05) is 30.9 Å². The van der Waals surface area contributed by atoms with Crippen LogP contribution in [-0.4, -0.2) is 48.0 Å². The van der Waals surface area contributed by atoms with Crippen LogP contribution in [0.1, 0.15) is 30.5 Å². The molecule has 1 amide bonds. The first kappa shape index (κ1) is 19.4. The topological polar surface area (TPSA) is 32.8 Å². The first-order valence-electron chi connectivity index (χ1n) is 9.81. The predicted molar refractivity (Wildman–Crippen MR) is 109 cm³/mol. The number of carbonyl (C=O) groups is 1. The highest BCUT2D eigenvalue weighted by atomic mass is 16.5. The van der Waals surface area contributed by atoms with Crippen LogP contribution in [-0.2, 0) is 17.8 Å². The quantitative estimate of drug-likeness (QED) is 0.782. The van der Waals surface area contributed by atoms with Crippen LogP contribution in [0.2, 0.25) is 0 Å². The molecule has 0 unspecified atom stereocenters. The van der Waals surface area contributed by atoms with Crippen molar-refractivity contribution in [3.05, 3.63) is 65.2 Å². The van der Waals surface area contributed by atoms with Crippen molar-refractivity contribution < 1.29 is 9.53 Å². The summed E-state index contributed by atoms with van der Waals surface area (Å²) in [6.07, 6.45) is 0.679. The van der Waals surface area contributed by atoms with Crippen molar-refractivity contribution in [2.24, 2.45) is 0 Å². The lowest BCUT2D eigenvalue weighted by molar-refractivity contribution is -0.132. The van der Waals surface area contributed by atoms with E-state index in [4.69, 9.17) is 4.74 Å². The zero-order chi connectivity index (χ0) is 19.2. The Kier molecular flexibility index (Phi) is 6.51. The molecule has 0 aromatic heterocycles. The van der Waals surface area contributed by atoms with Crippen molar-refractivity contribution in [3.8, 4) is 5.75 Å². The summed E-state index contributed by atoms with van der Waals surface area (Å²) in [5.74, 6) is 1.15.